The van der Waals surface area contributed by atoms with Crippen LogP contribution in [0.4, 0.5) is 0 Å². The molecule has 3 rings (SSSR count). The smallest absolute Gasteiger partial charge is 0.242 e. The van der Waals surface area contributed by atoms with E-state index in [1.165, 1.54) is 0 Å². The topological polar surface area (TPSA) is 73.0 Å². The van der Waals surface area contributed by atoms with Crippen molar-refractivity contribution in [3.8, 4) is 0 Å². The highest BCUT2D eigenvalue weighted by atomic mass is 16.2. The van der Waals surface area contributed by atoms with E-state index < -0.39 is 0 Å². The van der Waals surface area contributed by atoms with E-state index in [4.69, 9.17) is 0 Å². The van der Waals surface area contributed by atoms with E-state index in [2.05, 4.69) is 10.2 Å². The molecule has 0 spiro atoms. The van der Waals surface area contributed by atoms with Gasteiger partial charge in [-0.1, -0.05) is 6.42 Å². The van der Waals surface area contributed by atoms with Gasteiger partial charge in [0.2, 0.25) is 17.7 Å². The summed E-state index contributed by atoms with van der Waals surface area (Å²) in [5, 5.41) is 3.04. The third-order valence-corrected chi connectivity index (χ3v) is 5.52. The lowest BCUT2D eigenvalue weighted by molar-refractivity contribution is -0.141. The Morgan fingerprint density at radius 2 is 1.80 bits per heavy atom. The standard InChI is InChI=1S/C18H30N4O3/c1-14(18(25)19-15-6-7-15)20-9-11-21(12-10-20)17(24)13-22-8-4-2-3-5-16(22)23/h14-15H,2-13H2,1H3,(H,19,25). The molecule has 0 aromatic heterocycles. The van der Waals surface area contributed by atoms with Crippen LogP contribution >= 0.6 is 0 Å². The Kier molecular flexibility index (Phi) is 5.93. The third kappa shape index (κ3) is 4.93. The average Bonchev–Trinajstić information content (AvgIpc) is 3.44. The summed E-state index contributed by atoms with van der Waals surface area (Å²) in [6.45, 7) is 5.51. The number of amides is 3. The quantitative estimate of drug-likeness (QED) is 0.769. The van der Waals surface area contributed by atoms with Crippen molar-refractivity contribution in [1.29, 1.82) is 0 Å². The molecule has 1 aliphatic carbocycles. The van der Waals surface area contributed by atoms with Crippen LogP contribution < -0.4 is 5.32 Å². The van der Waals surface area contributed by atoms with E-state index in [-0.39, 0.29) is 30.3 Å². The molecule has 7 heteroatoms. The van der Waals surface area contributed by atoms with E-state index in [0.29, 0.717) is 45.2 Å². The van der Waals surface area contributed by atoms with Crippen molar-refractivity contribution >= 4 is 17.7 Å². The lowest BCUT2D eigenvalue weighted by Crippen LogP contribution is -2.56. The van der Waals surface area contributed by atoms with Crippen molar-refractivity contribution in [2.24, 2.45) is 0 Å². The Bertz CT molecular complexity index is 512. The number of nitrogens with zero attached hydrogens (tertiary/aromatic N) is 3. The highest BCUT2D eigenvalue weighted by Crippen LogP contribution is 2.19. The molecule has 1 atom stereocenters. The number of piperazine rings is 1. The van der Waals surface area contributed by atoms with Crippen LogP contribution in [0.3, 0.4) is 0 Å². The molecule has 3 aliphatic rings. The van der Waals surface area contributed by atoms with Crippen molar-refractivity contribution in [3.05, 3.63) is 0 Å². The fourth-order valence-electron chi connectivity index (χ4n) is 3.54. The number of hydrogen-bond donors (Lipinski definition) is 1. The summed E-state index contributed by atoms with van der Waals surface area (Å²) in [5.41, 5.74) is 0. The summed E-state index contributed by atoms with van der Waals surface area (Å²) in [6, 6.07) is 0.231. The van der Waals surface area contributed by atoms with Crippen LogP contribution in [-0.2, 0) is 14.4 Å². The number of rotatable bonds is 5. The summed E-state index contributed by atoms with van der Waals surface area (Å²) < 4.78 is 0. The van der Waals surface area contributed by atoms with Gasteiger partial charge in [0.25, 0.3) is 0 Å². The molecular formula is C18H30N4O3. The highest BCUT2D eigenvalue weighted by Gasteiger charge is 2.31. The minimum absolute atomic E-state index is 0.0324. The van der Waals surface area contributed by atoms with Gasteiger partial charge in [0.05, 0.1) is 12.6 Å². The molecule has 7 nitrogen and oxygen atoms in total. The first-order chi connectivity index (χ1) is 12.0. The molecule has 2 saturated heterocycles. The zero-order valence-corrected chi connectivity index (χ0v) is 15.2. The fraction of sp³-hybridized carbons (Fsp3) is 0.833. The maximum absolute atomic E-state index is 12.5. The largest absolute Gasteiger partial charge is 0.352 e. The maximum Gasteiger partial charge on any atom is 0.242 e. The Balaban J connectivity index is 1.43. The molecule has 140 valence electrons. The molecule has 0 aromatic rings. The molecule has 0 radical (unpaired) electrons. The van der Waals surface area contributed by atoms with E-state index in [1.54, 1.807) is 4.90 Å². The fourth-order valence-corrected chi connectivity index (χ4v) is 3.54. The van der Waals surface area contributed by atoms with Gasteiger partial charge in [-0.25, -0.2) is 0 Å². The van der Waals surface area contributed by atoms with Crippen LogP contribution in [0.2, 0.25) is 0 Å². The predicted molar refractivity (Wildman–Crippen MR) is 93.8 cm³/mol. The molecule has 25 heavy (non-hydrogen) atoms. The maximum atomic E-state index is 12.5. The van der Waals surface area contributed by atoms with Crippen molar-refractivity contribution in [2.45, 2.75) is 57.5 Å². The van der Waals surface area contributed by atoms with Gasteiger partial charge in [0.1, 0.15) is 0 Å². The molecule has 3 amide bonds. The minimum atomic E-state index is -0.148. The van der Waals surface area contributed by atoms with Crippen molar-refractivity contribution in [2.75, 3.05) is 39.3 Å². The summed E-state index contributed by atoms with van der Waals surface area (Å²) in [4.78, 5) is 42.4. The van der Waals surface area contributed by atoms with E-state index in [1.807, 2.05) is 11.8 Å². The van der Waals surface area contributed by atoms with Crippen molar-refractivity contribution in [1.82, 2.24) is 20.0 Å². The number of carbonyl (C=O) groups is 3. The van der Waals surface area contributed by atoms with Crippen LogP contribution in [0.5, 0.6) is 0 Å². The molecular weight excluding hydrogens is 320 g/mol. The summed E-state index contributed by atoms with van der Waals surface area (Å²) in [7, 11) is 0. The van der Waals surface area contributed by atoms with Crippen LogP contribution in [0, 0.1) is 0 Å². The predicted octanol–water partition coefficient (Wildman–Crippen LogP) is 0.200. The Labute approximate surface area is 149 Å². The first-order valence-corrected chi connectivity index (χ1v) is 9.64. The number of nitrogens with one attached hydrogen (secondary N) is 1. The highest BCUT2D eigenvalue weighted by molar-refractivity contribution is 5.85. The van der Waals surface area contributed by atoms with Gasteiger partial charge in [-0.3, -0.25) is 19.3 Å². The minimum Gasteiger partial charge on any atom is -0.352 e. The lowest BCUT2D eigenvalue weighted by atomic mass is 10.2. The second-order valence-electron chi connectivity index (χ2n) is 7.50. The number of likely N-dealkylation sites (tertiary alicyclic amines) is 1. The first kappa shape index (κ1) is 18.2. The zero-order chi connectivity index (χ0) is 17.8. The summed E-state index contributed by atoms with van der Waals surface area (Å²) in [6.07, 6.45) is 5.74. The van der Waals surface area contributed by atoms with Crippen LogP contribution in [0.25, 0.3) is 0 Å². The lowest BCUT2D eigenvalue weighted by Gasteiger charge is -2.38. The monoisotopic (exact) mass is 350 g/mol. The Morgan fingerprint density at radius 1 is 1.08 bits per heavy atom. The summed E-state index contributed by atoms with van der Waals surface area (Å²) >= 11 is 0. The molecule has 0 bridgehead atoms. The molecule has 0 aromatic carbocycles. The molecule has 3 fully saturated rings. The van der Waals surface area contributed by atoms with Crippen molar-refractivity contribution in [3.63, 3.8) is 0 Å². The van der Waals surface area contributed by atoms with E-state index in [0.717, 1.165) is 32.1 Å². The van der Waals surface area contributed by atoms with Gasteiger partial charge < -0.3 is 15.1 Å². The summed E-state index contributed by atoms with van der Waals surface area (Å²) in [5.74, 6) is 0.234. The average molecular weight is 350 g/mol. The molecule has 2 aliphatic heterocycles. The normalized spacial score (nSPS) is 24.0. The number of carbonyl (C=O) groups excluding carboxylic acids is 3. The second kappa shape index (κ2) is 8.17. The molecule has 1 saturated carbocycles. The van der Waals surface area contributed by atoms with Crippen LogP contribution in [0.1, 0.15) is 45.4 Å². The van der Waals surface area contributed by atoms with E-state index in [9.17, 15) is 14.4 Å². The van der Waals surface area contributed by atoms with Crippen molar-refractivity contribution < 1.29 is 14.4 Å². The zero-order valence-electron chi connectivity index (χ0n) is 15.2. The van der Waals surface area contributed by atoms with Gasteiger partial charge in [-0.15, -0.1) is 0 Å². The van der Waals surface area contributed by atoms with Crippen LogP contribution in [-0.4, -0.2) is 83.8 Å². The molecule has 1 N–H and O–H groups in total. The van der Waals surface area contributed by atoms with Crippen LogP contribution in [0.15, 0.2) is 0 Å². The SMILES string of the molecule is CC(C(=O)NC1CC1)N1CCN(C(=O)CN2CCCCCC2=O)CC1. The van der Waals surface area contributed by atoms with Gasteiger partial charge in [-0.05, 0) is 32.6 Å². The van der Waals surface area contributed by atoms with Gasteiger partial charge >= 0.3 is 0 Å². The van der Waals surface area contributed by atoms with Gasteiger partial charge in [-0.2, -0.15) is 0 Å². The van der Waals surface area contributed by atoms with Gasteiger partial charge in [0.15, 0.2) is 0 Å². The van der Waals surface area contributed by atoms with E-state index >= 15 is 0 Å². The molecule has 2 heterocycles. The second-order valence-corrected chi connectivity index (χ2v) is 7.50. The Morgan fingerprint density at radius 3 is 2.48 bits per heavy atom. The number of hydrogen-bond acceptors (Lipinski definition) is 4. The molecule has 1 unspecified atom stereocenters. The van der Waals surface area contributed by atoms with Gasteiger partial charge in [0, 0.05) is 45.2 Å². The first-order valence-electron chi connectivity index (χ1n) is 9.64. The third-order valence-electron chi connectivity index (χ3n) is 5.52. The Hall–Kier alpha value is -1.63.